The van der Waals surface area contributed by atoms with E-state index in [0.29, 0.717) is 25.5 Å². The monoisotopic (exact) mass is 549 g/mol. The van der Waals surface area contributed by atoms with Crippen LogP contribution < -0.4 is 14.4 Å². The molecule has 0 saturated carbocycles. The first-order valence-corrected chi connectivity index (χ1v) is 15.2. The Morgan fingerprint density at radius 1 is 1.03 bits per heavy atom. The molecule has 0 bridgehead atoms. The first-order chi connectivity index (χ1) is 18.6. The SMILES string of the molecule is Cc1cnc(Nc2ccc(OCCN3CCCC3)cc2)nc1Cc1ccc2c(c1)N(S(=O)(=O)C(C)(C)C)CC2. The number of nitrogens with zero attached hydrogens (tertiary/aromatic N) is 4. The third kappa shape index (κ3) is 6.20. The number of fused-ring (bicyclic) bond motifs is 1. The van der Waals surface area contributed by atoms with E-state index in [9.17, 15) is 8.42 Å². The molecule has 1 fully saturated rings. The molecule has 0 radical (unpaired) electrons. The quantitative estimate of drug-likeness (QED) is 0.398. The van der Waals surface area contributed by atoms with Crippen LogP contribution in [-0.2, 0) is 22.9 Å². The van der Waals surface area contributed by atoms with Crippen molar-refractivity contribution < 1.29 is 13.2 Å². The molecule has 2 aliphatic heterocycles. The van der Waals surface area contributed by atoms with E-state index in [2.05, 4.69) is 21.3 Å². The van der Waals surface area contributed by atoms with Gasteiger partial charge < -0.3 is 10.1 Å². The molecule has 0 aliphatic carbocycles. The molecule has 8 nitrogen and oxygen atoms in total. The summed E-state index contributed by atoms with van der Waals surface area (Å²) in [7, 11) is -3.45. The van der Waals surface area contributed by atoms with Crippen molar-refractivity contribution in [1.82, 2.24) is 14.9 Å². The van der Waals surface area contributed by atoms with Crippen LogP contribution in [-0.4, -0.2) is 60.8 Å². The highest BCUT2D eigenvalue weighted by Crippen LogP contribution is 2.35. The van der Waals surface area contributed by atoms with Crippen LogP contribution in [0, 0.1) is 6.92 Å². The summed E-state index contributed by atoms with van der Waals surface area (Å²) in [5.74, 6) is 1.38. The maximum atomic E-state index is 13.2. The molecular weight excluding hydrogens is 510 g/mol. The van der Waals surface area contributed by atoms with E-state index in [1.54, 1.807) is 25.1 Å². The predicted octanol–water partition coefficient (Wildman–Crippen LogP) is 5.08. The van der Waals surface area contributed by atoms with Crippen molar-refractivity contribution in [3.63, 3.8) is 0 Å². The van der Waals surface area contributed by atoms with Crippen LogP contribution in [0.15, 0.2) is 48.7 Å². The molecule has 1 aromatic heterocycles. The van der Waals surface area contributed by atoms with Gasteiger partial charge in [0.15, 0.2) is 0 Å². The van der Waals surface area contributed by atoms with Gasteiger partial charge in [-0.25, -0.2) is 18.4 Å². The Hall–Kier alpha value is -3.17. The van der Waals surface area contributed by atoms with Crippen molar-refractivity contribution in [3.8, 4) is 5.75 Å². The minimum atomic E-state index is -3.45. The van der Waals surface area contributed by atoms with Gasteiger partial charge in [-0.15, -0.1) is 0 Å². The summed E-state index contributed by atoms with van der Waals surface area (Å²) in [6.45, 7) is 11.7. The molecule has 0 unspecified atom stereocenters. The van der Waals surface area contributed by atoms with Crippen molar-refractivity contribution in [2.45, 2.75) is 58.1 Å². The van der Waals surface area contributed by atoms with Gasteiger partial charge in [0.25, 0.3) is 0 Å². The Morgan fingerprint density at radius 2 is 1.77 bits per heavy atom. The Labute approximate surface area is 232 Å². The topological polar surface area (TPSA) is 87.7 Å². The third-order valence-corrected chi connectivity index (χ3v) is 10.0. The van der Waals surface area contributed by atoms with Gasteiger partial charge in [-0.3, -0.25) is 9.21 Å². The van der Waals surface area contributed by atoms with Gasteiger partial charge in [0.2, 0.25) is 16.0 Å². The second-order valence-electron chi connectivity index (χ2n) is 11.4. The van der Waals surface area contributed by atoms with Crippen LogP contribution in [0.3, 0.4) is 0 Å². The molecule has 1 N–H and O–H groups in total. The average molecular weight is 550 g/mol. The summed E-state index contributed by atoms with van der Waals surface area (Å²) >= 11 is 0. The molecule has 0 atom stereocenters. The summed E-state index contributed by atoms with van der Waals surface area (Å²) in [4.78, 5) is 11.7. The first-order valence-electron chi connectivity index (χ1n) is 13.8. The number of ether oxygens (including phenoxy) is 1. The fourth-order valence-corrected chi connectivity index (χ4v) is 6.48. The van der Waals surface area contributed by atoms with E-state index in [1.807, 2.05) is 49.5 Å². The molecule has 3 heterocycles. The molecule has 2 aromatic carbocycles. The van der Waals surface area contributed by atoms with Crippen LogP contribution in [0.1, 0.15) is 56.0 Å². The summed E-state index contributed by atoms with van der Waals surface area (Å²) in [5, 5.41) is 3.30. The molecule has 39 heavy (non-hydrogen) atoms. The lowest BCUT2D eigenvalue weighted by molar-refractivity contribution is 0.238. The normalized spacial score (nSPS) is 15.9. The molecular formula is C30H39N5O3S. The average Bonchev–Trinajstić information content (AvgIpc) is 3.56. The molecule has 9 heteroatoms. The smallest absolute Gasteiger partial charge is 0.240 e. The van der Waals surface area contributed by atoms with Gasteiger partial charge in [0.05, 0.1) is 16.1 Å². The second-order valence-corrected chi connectivity index (χ2v) is 14.1. The van der Waals surface area contributed by atoms with Gasteiger partial charge in [-0.1, -0.05) is 12.1 Å². The molecule has 0 amide bonds. The number of hydrogen-bond acceptors (Lipinski definition) is 7. The fourth-order valence-electron chi connectivity index (χ4n) is 5.06. The number of aryl methyl sites for hydroxylation is 1. The number of aromatic nitrogens is 2. The minimum Gasteiger partial charge on any atom is -0.492 e. The lowest BCUT2D eigenvalue weighted by Gasteiger charge is -2.28. The summed E-state index contributed by atoms with van der Waals surface area (Å²) in [6, 6.07) is 14.0. The van der Waals surface area contributed by atoms with E-state index < -0.39 is 14.8 Å². The van der Waals surface area contributed by atoms with Gasteiger partial charge in [0, 0.05) is 31.4 Å². The maximum Gasteiger partial charge on any atom is 0.240 e. The molecule has 1 saturated heterocycles. The minimum absolute atomic E-state index is 0.487. The number of nitrogens with one attached hydrogen (secondary N) is 1. The van der Waals surface area contributed by atoms with E-state index in [0.717, 1.165) is 52.5 Å². The first kappa shape index (κ1) is 27.4. The van der Waals surface area contributed by atoms with Crippen molar-refractivity contribution in [1.29, 1.82) is 0 Å². The van der Waals surface area contributed by atoms with Crippen LogP contribution in [0.5, 0.6) is 5.75 Å². The van der Waals surface area contributed by atoms with Gasteiger partial charge in [-0.05, 0) is 107 Å². The number of hydrogen-bond donors (Lipinski definition) is 1. The van der Waals surface area contributed by atoms with Crippen LogP contribution in [0.2, 0.25) is 0 Å². The number of rotatable bonds is 9. The van der Waals surface area contributed by atoms with Crippen molar-refractivity contribution in [2.75, 3.05) is 42.4 Å². The summed E-state index contributed by atoms with van der Waals surface area (Å²) in [5.41, 5.74) is 5.65. The Morgan fingerprint density at radius 3 is 2.49 bits per heavy atom. The van der Waals surface area contributed by atoms with Crippen LogP contribution in [0.25, 0.3) is 0 Å². The zero-order valence-electron chi connectivity index (χ0n) is 23.4. The van der Waals surface area contributed by atoms with E-state index >= 15 is 0 Å². The highest BCUT2D eigenvalue weighted by molar-refractivity contribution is 7.94. The van der Waals surface area contributed by atoms with E-state index in [4.69, 9.17) is 9.72 Å². The van der Waals surface area contributed by atoms with E-state index in [1.165, 1.54) is 25.9 Å². The number of sulfonamides is 1. The Balaban J connectivity index is 1.25. The molecule has 208 valence electrons. The highest BCUT2D eigenvalue weighted by Gasteiger charge is 2.38. The number of benzene rings is 2. The standard InChI is InChI=1S/C30H39N5O3S/c1-22-21-31-29(32-25-9-11-26(12-10-25)38-18-17-34-14-5-6-15-34)33-27(22)19-23-7-8-24-13-16-35(28(24)20-23)39(36,37)30(2,3)4/h7-12,20-21H,5-6,13-19H2,1-4H3,(H,31,32,33). The largest absolute Gasteiger partial charge is 0.492 e. The van der Waals surface area contributed by atoms with Gasteiger partial charge >= 0.3 is 0 Å². The molecule has 2 aliphatic rings. The molecule has 3 aromatic rings. The van der Waals surface area contributed by atoms with Gasteiger partial charge in [0.1, 0.15) is 12.4 Å². The van der Waals surface area contributed by atoms with Crippen molar-refractivity contribution in [3.05, 3.63) is 71.0 Å². The summed E-state index contributed by atoms with van der Waals surface area (Å²) < 4.78 is 33.0. The van der Waals surface area contributed by atoms with Crippen molar-refractivity contribution >= 4 is 27.3 Å². The number of likely N-dealkylation sites (tertiary alicyclic amines) is 1. The highest BCUT2D eigenvalue weighted by atomic mass is 32.2. The lowest BCUT2D eigenvalue weighted by Crippen LogP contribution is -2.42. The zero-order chi connectivity index (χ0) is 27.6. The van der Waals surface area contributed by atoms with Crippen LogP contribution in [0.4, 0.5) is 17.3 Å². The third-order valence-electron chi connectivity index (χ3n) is 7.50. The second kappa shape index (κ2) is 11.1. The molecule has 0 spiro atoms. The fraction of sp³-hybridized carbons (Fsp3) is 0.467. The Kier molecular flexibility index (Phi) is 7.82. The predicted molar refractivity (Wildman–Crippen MR) is 157 cm³/mol. The maximum absolute atomic E-state index is 13.2. The number of anilines is 3. The Bertz CT molecular complexity index is 1410. The zero-order valence-corrected chi connectivity index (χ0v) is 24.2. The van der Waals surface area contributed by atoms with Crippen molar-refractivity contribution in [2.24, 2.45) is 0 Å². The van der Waals surface area contributed by atoms with Crippen LogP contribution >= 0.6 is 0 Å². The molecule has 5 rings (SSSR count). The summed E-state index contributed by atoms with van der Waals surface area (Å²) in [6.07, 6.45) is 5.72. The van der Waals surface area contributed by atoms with E-state index in [-0.39, 0.29) is 0 Å². The van der Waals surface area contributed by atoms with Gasteiger partial charge in [-0.2, -0.15) is 0 Å². The lowest BCUT2D eigenvalue weighted by atomic mass is 10.0.